The van der Waals surface area contributed by atoms with Crippen molar-refractivity contribution in [2.75, 3.05) is 7.11 Å². The molecule has 0 bridgehead atoms. The molecular formula is C21H22NO4P. The topological polar surface area (TPSA) is 78.8 Å². The first kappa shape index (κ1) is 19.3. The Bertz CT molecular complexity index is 855. The van der Waals surface area contributed by atoms with E-state index >= 15 is 0 Å². The predicted octanol–water partition coefficient (Wildman–Crippen LogP) is 4.25. The van der Waals surface area contributed by atoms with E-state index in [1.165, 1.54) is 0 Å². The minimum absolute atomic E-state index is 0.368. The molecule has 3 N–H and O–H groups in total. The van der Waals surface area contributed by atoms with E-state index in [2.05, 4.69) is 5.32 Å². The quantitative estimate of drug-likeness (QED) is 0.532. The number of benzene rings is 3. The van der Waals surface area contributed by atoms with Gasteiger partial charge in [-0.15, -0.1) is 0 Å². The van der Waals surface area contributed by atoms with Crippen molar-refractivity contribution in [3.63, 3.8) is 0 Å². The van der Waals surface area contributed by atoms with Gasteiger partial charge in [0.15, 0.2) is 0 Å². The molecule has 3 aromatic rings. The summed E-state index contributed by atoms with van der Waals surface area (Å²) >= 11 is 0. The molecule has 3 rings (SSSR count). The van der Waals surface area contributed by atoms with Gasteiger partial charge in [0, 0.05) is 0 Å². The van der Waals surface area contributed by atoms with Crippen molar-refractivity contribution >= 4 is 7.60 Å². The third-order valence-electron chi connectivity index (χ3n) is 4.36. The molecule has 0 unspecified atom stereocenters. The smallest absolute Gasteiger partial charge is 0.346 e. The highest BCUT2D eigenvalue weighted by Crippen LogP contribution is 2.51. The van der Waals surface area contributed by atoms with Crippen LogP contribution in [-0.2, 0) is 4.57 Å². The number of ether oxygens (including phenoxy) is 1. The number of methoxy groups -OCH3 is 1. The Morgan fingerprint density at radius 2 is 1.26 bits per heavy atom. The summed E-state index contributed by atoms with van der Waals surface area (Å²) in [7, 11) is -2.92. The van der Waals surface area contributed by atoms with E-state index in [0.29, 0.717) is 11.3 Å². The first-order chi connectivity index (χ1) is 13.0. The van der Waals surface area contributed by atoms with Crippen molar-refractivity contribution in [2.45, 2.75) is 11.8 Å². The van der Waals surface area contributed by atoms with Crippen molar-refractivity contribution in [2.24, 2.45) is 0 Å². The molecule has 0 aromatic heterocycles. The van der Waals surface area contributed by atoms with Crippen molar-refractivity contribution in [1.82, 2.24) is 5.32 Å². The van der Waals surface area contributed by atoms with E-state index in [4.69, 9.17) is 4.74 Å². The lowest BCUT2D eigenvalue weighted by atomic mass is 9.98. The van der Waals surface area contributed by atoms with Gasteiger partial charge in [-0.3, -0.25) is 9.88 Å². The summed E-state index contributed by atoms with van der Waals surface area (Å²) in [4.78, 5) is 20.0. The van der Waals surface area contributed by atoms with Gasteiger partial charge in [-0.2, -0.15) is 0 Å². The van der Waals surface area contributed by atoms with E-state index in [9.17, 15) is 14.4 Å². The second-order valence-electron chi connectivity index (χ2n) is 6.19. The molecule has 0 spiro atoms. The Hall–Kier alpha value is -2.43. The fourth-order valence-corrected chi connectivity index (χ4v) is 3.91. The van der Waals surface area contributed by atoms with Gasteiger partial charge < -0.3 is 14.5 Å². The fourth-order valence-electron chi connectivity index (χ4n) is 3.01. The van der Waals surface area contributed by atoms with Crippen LogP contribution in [-0.4, -0.2) is 16.9 Å². The summed E-state index contributed by atoms with van der Waals surface area (Å²) in [5, 5.41) is 3.18. The number of hydrogen-bond donors (Lipinski definition) is 3. The van der Waals surface area contributed by atoms with Crippen LogP contribution in [0.3, 0.4) is 0 Å². The normalized spacial score (nSPS) is 12.7. The molecule has 0 aliphatic carbocycles. The maximum Gasteiger partial charge on any atom is 0.346 e. The standard InChI is InChI=1S/C21H22NO4P/c1-26-19-14-12-18(13-15-19)21(27(23,24)25)22-20(16-8-4-2-5-9-16)17-10-6-3-7-11-17/h2-15,20-22H,1H3,(H2,23,24,25)/t21-/m1/s1. The van der Waals surface area contributed by atoms with Crippen LogP contribution < -0.4 is 10.1 Å². The van der Waals surface area contributed by atoms with Crippen molar-refractivity contribution < 1.29 is 19.1 Å². The highest BCUT2D eigenvalue weighted by molar-refractivity contribution is 7.52. The van der Waals surface area contributed by atoms with Gasteiger partial charge in [0.1, 0.15) is 11.5 Å². The monoisotopic (exact) mass is 383 g/mol. The molecule has 0 fully saturated rings. The minimum Gasteiger partial charge on any atom is -0.497 e. The van der Waals surface area contributed by atoms with Crippen LogP contribution in [0.2, 0.25) is 0 Å². The van der Waals surface area contributed by atoms with E-state index in [-0.39, 0.29) is 6.04 Å². The molecule has 0 aliphatic rings. The van der Waals surface area contributed by atoms with Gasteiger partial charge in [-0.25, -0.2) is 0 Å². The summed E-state index contributed by atoms with van der Waals surface area (Å²) in [6, 6.07) is 25.6. The largest absolute Gasteiger partial charge is 0.497 e. The van der Waals surface area contributed by atoms with Gasteiger partial charge in [-0.1, -0.05) is 72.8 Å². The summed E-state index contributed by atoms with van der Waals surface area (Å²) < 4.78 is 17.4. The SMILES string of the molecule is COc1ccc([C@H](NC(c2ccccc2)c2ccccc2)P(=O)(O)O)cc1. The van der Waals surface area contributed by atoms with Crippen LogP contribution in [0.15, 0.2) is 84.9 Å². The molecule has 6 heteroatoms. The van der Waals surface area contributed by atoms with Gasteiger partial charge in [-0.05, 0) is 28.8 Å². The highest BCUT2D eigenvalue weighted by Gasteiger charge is 2.33. The number of hydrogen-bond acceptors (Lipinski definition) is 3. The highest BCUT2D eigenvalue weighted by atomic mass is 31.2. The average molecular weight is 383 g/mol. The minimum atomic E-state index is -4.47. The van der Waals surface area contributed by atoms with Crippen LogP contribution in [0, 0.1) is 0 Å². The summed E-state index contributed by atoms with van der Waals surface area (Å²) in [6.45, 7) is 0. The molecule has 27 heavy (non-hydrogen) atoms. The molecule has 140 valence electrons. The molecule has 0 amide bonds. The van der Waals surface area contributed by atoms with Crippen LogP contribution in [0.5, 0.6) is 5.75 Å². The Kier molecular flexibility index (Phi) is 6.09. The van der Waals surface area contributed by atoms with Crippen molar-refractivity contribution in [3.05, 3.63) is 102 Å². The van der Waals surface area contributed by atoms with Crippen LogP contribution in [0.1, 0.15) is 28.5 Å². The fraction of sp³-hybridized carbons (Fsp3) is 0.143. The zero-order valence-corrected chi connectivity index (χ0v) is 15.8. The molecule has 0 radical (unpaired) electrons. The summed E-state index contributed by atoms with van der Waals surface area (Å²) in [6.07, 6.45) is 0. The van der Waals surface area contributed by atoms with E-state index in [1.54, 1.807) is 31.4 Å². The molecule has 1 atom stereocenters. The second-order valence-corrected chi connectivity index (χ2v) is 7.88. The average Bonchev–Trinajstić information content (AvgIpc) is 2.69. The number of nitrogens with one attached hydrogen (secondary N) is 1. The number of rotatable bonds is 7. The molecule has 3 aromatic carbocycles. The second kappa shape index (κ2) is 8.51. The summed E-state index contributed by atoms with van der Waals surface area (Å²) in [5.41, 5.74) is 2.35. The maximum absolute atomic E-state index is 12.3. The van der Waals surface area contributed by atoms with Crippen LogP contribution in [0.4, 0.5) is 0 Å². The first-order valence-corrected chi connectivity index (χ1v) is 10.2. The maximum atomic E-state index is 12.3. The van der Waals surface area contributed by atoms with Crippen LogP contribution in [0.25, 0.3) is 0 Å². The third-order valence-corrected chi connectivity index (χ3v) is 5.48. The Labute approximate surface area is 158 Å². The lowest BCUT2D eigenvalue weighted by Gasteiger charge is -2.27. The molecule has 0 saturated carbocycles. The zero-order chi connectivity index (χ0) is 19.3. The van der Waals surface area contributed by atoms with Crippen molar-refractivity contribution in [1.29, 1.82) is 0 Å². The zero-order valence-electron chi connectivity index (χ0n) is 14.9. The van der Waals surface area contributed by atoms with Gasteiger partial charge >= 0.3 is 7.60 Å². The third kappa shape index (κ3) is 4.85. The van der Waals surface area contributed by atoms with E-state index < -0.39 is 13.4 Å². The first-order valence-electron chi connectivity index (χ1n) is 8.54. The van der Waals surface area contributed by atoms with E-state index in [0.717, 1.165) is 11.1 Å². The Morgan fingerprint density at radius 1 is 0.778 bits per heavy atom. The van der Waals surface area contributed by atoms with Gasteiger partial charge in [0.25, 0.3) is 0 Å². The molecule has 0 heterocycles. The van der Waals surface area contributed by atoms with E-state index in [1.807, 2.05) is 60.7 Å². The molecule has 0 aliphatic heterocycles. The molecular weight excluding hydrogens is 361 g/mol. The lowest BCUT2D eigenvalue weighted by molar-refractivity contribution is 0.343. The van der Waals surface area contributed by atoms with Crippen molar-refractivity contribution in [3.8, 4) is 5.75 Å². The van der Waals surface area contributed by atoms with Gasteiger partial charge in [0.2, 0.25) is 0 Å². The van der Waals surface area contributed by atoms with Gasteiger partial charge in [0.05, 0.1) is 13.2 Å². The predicted molar refractivity (Wildman–Crippen MR) is 106 cm³/mol. The Morgan fingerprint density at radius 3 is 1.67 bits per heavy atom. The summed E-state index contributed by atoms with van der Waals surface area (Å²) in [5.74, 6) is -0.514. The Balaban J connectivity index is 2.01. The lowest BCUT2D eigenvalue weighted by Crippen LogP contribution is -2.27. The molecule has 5 nitrogen and oxygen atoms in total. The van der Waals surface area contributed by atoms with Crippen LogP contribution >= 0.6 is 7.60 Å². The molecule has 0 saturated heterocycles.